The lowest BCUT2D eigenvalue weighted by Crippen LogP contribution is -2.26. The van der Waals surface area contributed by atoms with Crippen molar-refractivity contribution in [2.75, 3.05) is 19.4 Å². The molecule has 0 radical (unpaired) electrons. The van der Waals surface area contributed by atoms with Gasteiger partial charge in [0.15, 0.2) is 17.3 Å². The van der Waals surface area contributed by atoms with Gasteiger partial charge in [-0.15, -0.1) is 10.2 Å². The summed E-state index contributed by atoms with van der Waals surface area (Å²) < 4.78 is 19.0. The van der Waals surface area contributed by atoms with Crippen LogP contribution in [0.1, 0.15) is 23.8 Å². The second-order valence-electron chi connectivity index (χ2n) is 5.77. The highest BCUT2D eigenvalue weighted by Gasteiger charge is 2.17. The zero-order valence-corrected chi connectivity index (χ0v) is 14.5. The van der Waals surface area contributed by atoms with Gasteiger partial charge in [-0.3, -0.25) is 4.79 Å². The molecule has 3 N–H and O–H groups in total. The number of hydrogen-bond acceptors (Lipinski definition) is 5. The summed E-state index contributed by atoms with van der Waals surface area (Å²) in [5, 5.41) is 11.5. The Morgan fingerprint density at radius 1 is 1.27 bits per heavy atom. The first-order chi connectivity index (χ1) is 12.6. The number of carbonyl (C=O) groups is 1. The molecule has 1 heterocycles. The third kappa shape index (κ3) is 3.15. The van der Waals surface area contributed by atoms with E-state index in [0.29, 0.717) is 28.6 Å². The van der Waals surface area contributed by atoms with Gasteiger partial charge in [-0.05, 0) is 24.1 Å². The van der Waals surface area contributed by atoms with Crippen LogP contribution in [0.5, 0.6) is 5.75 Å². The summed E-state index contributed by atoms with van der Waals surface area (Å²) in [6, 6.07) is 10.00. The third-order valence-electron chi connectivity index (χ3n) is 4.04. The lowest BCUT2D eigenvalue weighted by Gasteiger charge is -2.11. The van der Waals surface area contributed by atoms with E-state index in [0.717, 1.165) is 6.42 Å². The first-order valence-corrected chi connectivity index (χ1v) is 8.23. The predicted molar refractivity (Wildman–Crippen MR) is 98.5 cm³/mol. The number of nitrogens with two attached hydrogens (primary N) is 1. The average Bonchev–Trinajstić information content (AvgIpc) is 2.66. The van der Waals surface area contributed by atoms with Gasteiger partial charge in [0.05, 0.1) is 12.8 Å². The Hall–Kier alpha value is -3.22. The van der Waals surface area contributed by atoms with Gasteiger partial charge in [0, 0.05) is 17.5 Å². The second-order valence-corrected chi connectivity index (χ2v) is 5.77. The average molecular weight is 354 g/mol. The minimum Gasteiger partial charge on any atom is -0.494 e. The van der Waals surface area contributed by atoms with Crippen LogP contribution in [0.4, 0.5) is 10.1 Å². The molecule has 0 fully saturated rings. The highest BCUT2D eigenvalue weighted by Crippen LogP contribution is 2.32. The molecule has 0 aliphatic rings. The van der Waals surface area contributed by atoms with Crippen molar-refractivity contribution < 1.29 is 13.9 Å². The molecule has 6 nitrogen and oxygen atoms in total. The summed E-state index contributed by atoms with van der Waals surface area (Å²) in [6.07, 6.45) is 0.805. The number of carbonyl (C=O) groups excluding carboxylic acids is 1. The summed E-state index contributed by atoms with van der Waals surface area (Å²) in [4.78, 5) is 12.2. The molecule has 3 rings (SSSR count). The van der Waals surface area contributed by atoms with Gasteiger partial charge in [0.1, 0.15) is 5.52 Å². The highest BCUT2D eigenvalue weighted by atomic mass is 19.1. The lowest BCUT2D eigenvalue weighted by molar-refractivity contribution is 0.0949. The van der Waals surface area contributed by atoms with Crippen LogP contribution in [0.2, 0.25) is 0 Å². The first kappa shape index (κ1) is 17.6. The van der Waals surface area contributed by atoms with Crippen molar-refractivity contribution in [1.82, 2.24) is 15.5 Å². The molecule has 0 spiro atoms. The van der Waals surface area contributed by atoms with E-state index in [1.807, 2.05) is 6.92 Å². The fraction of sp³-hybridized carbons (Fsp3) is 0.211. The van der Waals surface area contributed by atoms with Crippen LogP contribution in [0.25, 0.3) is 22.0 Å². The lowest BCUT2D eigenvalue weighted by atomic mass is 10.0. The number of methoxy groups -OCH3 is 1. The van der Waals surface area contributed by atoms with Crippen LogP contribution >= 0.6 is 0 Å². The maximum Gasteiger partial charge on any atom is 0.273 e. The first-order valence-electron chi connectivity index (χ1n) is 8.23. The van der Waals surface area contributed by atoms with Crippen LogP contribution in [0, 0.1) is 5.82 Å². The molecule has 0 aliphatic heterocycles. The van der Waals surface area contributed by atoms with E-state index < -0.39 is 5.82 Å². The number of benzene rings is 2. The van der Waals surface area contributed by atoms with Gasteiger partial charge in [-0.25, -0.2) is 4.39 Å². The SMILES string of the molecule is CCCNC(=O)c1nnc2c(-c3ccc(OC)c(F)c3)cccc2c1N. The standard InChI is InChI=1S/C19H19FN4O2/c1-3-9-22-19(25)18-16(21)13-6-4-5-12(17(13)23-24-18)11-7-8-15(26-2)14(20)10-11/h4-8,10H,3,9H2,1-2H3,(H2,21,23)(H,22,25). The Morgan fingerprint density at radius 3 is 2.77 bits per heavy atom. The van der Waals surface area contributed by atoms with Gasteiger partial charge in [-0.2, -0.15) is 0 Å². The molecule has 0 unspecified atom stereocenters. The fourth-order valence-corrected chi connectivity index (χ4v) is 2.71. The molecular weight excluding hydrogens is 335 g/mol. The second kappa shape index (κ2) is 7.35. The van der Waals surface area contributed by atoms with Crippen molar-refractivity contribution in [3.8, 4) is 16.9 Å². The normalized spacial score (nSPS) is 10.7. The fourth-order valence-electron chi connectivity index (χ4n) is 2.71. The molecule has 0 atom stereocenters. The Morgan fingerprint density at radius 2 is 2.08 bits per heavy atom. The largest absolute Gasteiger partial charge is 0.494 e. The smallest absolute Gasteiger partial charge is 0.273 e. The minimum absolute atomic E-state index is 0.0870. The van der Waals surface area contributed by atoms with Crippen molar-refractivity contribution in [2.45, 2.75) is 13.3 Å². The van der Waals surface area contributed by atoms with E-state index in [1.165, 1.54) is 13.2 Å². The van der Waals surface area contributed by atoms with E-state index in [1.54, 1.807) is 30.3 Å². The van der Waals surface area contributed by atoms with E-state index in [9.17, 15) is 9.18 Å². The zero-order chi connectivity index (χ0) is 18.7. The number of ether oxygens (including phenoxy) is 1. The van der Waals surface area contributed by atoms with Crippen molar-refractivity contribution in [3.63, 3.8) is 0 Å². The number of halogens is 1. The molecule has 7 heteroatoms. The number of rotatable bonds is 5. The third-order valence-corrected chi connectivity index (χ3v) is 4.04. The van der Waals surface area contributed by atoms with E-state index in [-0.39, 0.29) is 23.0 Å². The van der Waals surface area contributed by atoms with Crippen molar-refractivity contribution >= 4 is 22.5 Å². The number of fused-ring (bicyclic) bond motifs is 1. The Labute approximate surface area is 150 Å². The van der Waals surface area contributed by atoms with Crippen molar-refractivity contribution in [1.29, 1.82) is 0 Å². The predicted octanol–water partition coefficient (Wildman–Crippen LogP) is 3.17. The van der Waals surface area contributed by atoms with Crippen molar-refractivity contribution in [2.24, 2.45) is 0 Å². The van der Waals surface area contributed by atoms with E-state index in [2.05, 4.69) is 15.5 Å². The number of nitrogens with one attached hydrogen (secondary N) is 1. The molecule has 1 amide bonds. The van der Waals surface area contributed by atoms with Gasteiger partial charge in [0.2, 0.25) is 0 Å². The molecule has 0 saturated carbocycles. The molecule has 3 aromatic rings. The maximum absolute atomic E-state index is 14.1. The molecule has 1 aromatic heterocycles. The van der Waals surface area contributed by atoms with E-state index in [4.69, 9.17) is 10.5 Å². The number of nitrogen functional groups attached to an aromatic ring is 1. The number of amides is 1. The van der Waals surface area contributed by atoms with Crippen LogP contribution in [0.15, 0.2) is 36.4 Å². The van der Waals surface area contributed by atoms with E-state index >= 15 is 0 Å². The van der Waals surface area contributed by atoms with Gasteiger partial charge < -0.3 is 15.8 Å². The minimum atomic E-state index is -0.474. The van der Waals surface area contributed by atoms with Gasteiger partial charge >= 0.3 is 0 Å². The number of anilines is 1. The molecule has 26 heavy (non-hydrogen) atoms. The van der Waals surface area contributed by atoms with Crippen LogP contribution in [-0.2, 0) is 0 Å². The Balaban J connectivity index is 2.10. The molecule has 0 aliphatic carbocycles. The molecule has 2 aromatic carbocycles. The highest BCUT2D eigenvalue weighted by molar-refractivity contribution is 6.07. The van der Waals surface area contributed by atoms with Crippen LogP contribution < -0.4 is 15.8 Å². The molecule has 134 valence electrons. The monoisotopic (exact) mass is 354 g/mol. The Bertz CT molecular complexity index is 975. The summed E-state index contributed by atoms with van der Waals surface area (Å²) >= 11 is 0. The quantitative estimate of drug-likeness (QED) is 0.734. The summed E-state index contributed by atoms with van der Waals surface area (Å²) in [7, 11) is 1.41. The van der Waals surface area contributed by atoms with Crippen LogP contribution in [0.3, 0.4) is 0 Å². The van der Waals surface area contributed by atoms with Gasteiger partial charge in [-0.1, -0.05) is 31.2 Å². The molecular formula is C19H19FN4O2. The number of nitrogens with zero attached hydrogens (tertiary/aromatic N) is 2. The molecule has 0 saturated heterocycles. The van der Waals surface area contributed by atoms with Gasteiger partial charge in [0.25, 0.3) is 5.91 Å². The summed E-state index contributed by atoms with van der Waals surface area (Å²) in [5.74, 6) is -0.674. The number of hydrogen-bond donors (Lipinski definition) is 2. The summed E-state index contributed by atoms with van der Waals surface area (Å²) in [5.41, 5.74) is 8.28. The maximum atomic E-state index is 14.1. The topological polar surface area (TPSA) is 90.1 Å². The molecule has 0 bridgehead atoms. The van der Waals surface area contributed by atoms with Crippen LogP contribution in [-0.4, -0.2) is 29.8 Å². The zero-order valence-electron chi connectivity index (χ0n) is 14.5. The number of aromatic nitrogens is 2. The Kier molecular flexibility index (Phi) is 4.97. The van der Waals surface area contributed by atoms with Crippen molar-refractivity contribution in [3.05, 3.63) is 47.9 Å². The summed E-state index contributed by atoms with van der Waals surface area (Å²) in [6.45, 7) is 2.49.